The fraction of sp³-hybridized carbons (Fsp3) is 0.333. The van der Waals surface area contributed by atoms with Gasteiger partial charge in [-0.1, -0.05) is 88.4 Å². The lowest BCUT2D eigenvalue weighted by atomic mass is 9.95. The van der Waals surface area contributed by atoms with Gasteiger partial charge in [0, 0.05) is 23.5 Å². The van der Waals surface area contributed by atoms with Crippen LogP contribution in [0.3, 0.4) is 0 Å². The van der Waals surface area contributed by atoms with Crippen LogP contribution in [-0.2, 0) is 4.79 Å². The molecule has 0 aliphatic carbocycles. The van der Waals surface area contributed by atoms with E-state index in [4.69, 9.17) is 0 Å². The van der Waals surface area contributed by atoms with Crippen LogP contribution < -0.4 is 4.90 Å². The smallest absolute Gasteiger partial charge is 0.234 e. The van der Waals surface area contributed by atoms with Crippen LogP contribution in [-0.4, -0.2) is 10.9 Å². The predicted octanol–water partition coefficient (Wildman–Crippen LogP) is 8.30. The quantitative estimate of drug-likeness (QED) is 0.265. The predicted molar refractivity (Wildman–Crippen MR) is 140 cm³/mol. The first-order valence-electron chi connectivity index (χ1n) is 12.3. The molecule has 172 valence electrons. The topological polar surface area (TPSA) is 33.2 Å². The van der Waals surface area contributed by atoms with E-state index in [2.05, 4.69) is 31.0 Å². The van der Waals surface area contributed by atoms with Gasteiger partial charge in [0.2, 0.25) is 5.91 Å². The Morgan fingerprint density at radius 1 is 0.818 bits per heavy atom. The molecule has 0 aliphatic rings. The van der Waals surface area contributed by atoms with E-state index in [0.29, 0.717) is 0 Å². The molecule has 1 amide bonds. The summed E-state index contributed by atoms with van der Waals surface area (Å²) in [5, 5.41) is 0. The molecule has 3 nitrogen and oxygen atoms in total. The van der Waals surface area contributed by atoms with Crippen molar-refractivity contribution < 1.29 is 4.79 Å². The highest BCUT2D eigenvalue weighted by atomic mass is 16.2. The number of benzene rings is 2. The summed E-state index contributed by atoms with van der Waals surface area (Å²) in [6.07, 6.45) is 13.8. The van der Waals surface area contributed by atoms with Crippen LogP contribution in [0.2, 0.25) is 0 Å². The zero-order chi connectivity index (χ0) is 23.3. The summed E-state index contributed by atoms with van der Waals surface area (Å²) in [4.78, 5) is 19.9. The molecule has 0 bridgehead atoms. The number of nitrogens with zero attached hydrogens (tertiary/aromatic N) is 2. The summed E-state index contributed by atoms with van der Waals surface area (Å²) in [6, 6.07) is 24.1. The number of aromatic nitrogens is 1. The van der Waals surface area contributed by atoms with Crippen LogP contribution >= 0.6 is 0 Å². The van der Waals surface area contributed by atoms with Crippen LogP contribution in [0, 0.1) is 5.92 Å². The maximum absolute atomic E-state index is 13.7. The monoisotopic (exact) mass is 440 g/mol. The van der Waals surface area contributed by atoms with Crippen molar-refractivity contribution in [2.45, 2.75) is 58.8 Å². The first-order chi connectivity index (χ1) is 16.2. The van der Waals surface area contributed by atoms with E-state index in [1.807, 2.05) is 77.7 Å². The van der Waals surface area contributed by atoms with Crippen molar-refractivity contribution in [3.8, 4) is 0 Å². The molecule has 1 unspecified atom stereocenters. The number of hydrogen-bond donors (Lipinski definition) is 0. The molecule has 0 radical (unpaired) electrons. The minimum absolute atomic E-state index is 0.0376. The zero-order valence-corrected chi connectivity index (χ0v) is 20.0. The third-order valence-electron chi connectivity index (χ3n) is 6.02. The molecule has 0 saturated heterocycles. The highest BCUT2D eigenvalue weighted by molar-refractivity contribution is 6.01. The Hall–Kier alpha value is -3.20. The van der Waals surface area contributed by atoms with Gasteiger partial charge in [-0.3, -0.25) is 14.7 Å². The molecule has 3 aromatic rings. The first kappa shape index (κ1) is 24.4. The largest absolute Gasteiger partial charge is 0.281 e. The van der Waals surface area contributed by atoms with Crippen molar-refractivity contribution in [2.75, 3.05) is 4.90 Å². The summed E-state index contributed by atoms with van der Waals surface area (Å²) >= 11 is 0. The Morgan fingerprint density at radius 2 is 1.52 bits per heavy atom. The summed E-state index contributed by atoms with van der Waals surface area (Å²) < 4.78 is 0. The molecular weight excluding hydrogens is 404 g/mol. The van der Waals surface area contributed by atoms with Crippen molar-refractivity contribution in [2.24, 2.45) is 5.92 Å². The third-order valence-corrected chi connectivity index (χ3v) is 6.02. The summed E-state index contributed by atoms with van der Waals surface area (Å²) in [5.41, 5.74) is 3.83. The number of unbranched alkanes of at least 4 members (excludes halogenated alkanes) is 4. The Labute approximate surface area is 199 Å². The van der Waals surface area contributed by atoms with Gasteiger partial charge in [0.05, 0.1) is 5.69 Å². The van der Waals surface area contributed by atoms with Gasteiger partial charge < -0.3 is 0 Å². The molecule has 2 aromatic carbocycles. The molecule has 3 rings (SSSR count). The molecule has 1 heterocycles. The fourth-order valence-electron chi connectivity index (χ4n) is 4.05. The van der Waals surface area contributed by atoms with E-state index >= 15 is 0 Å². The van der Waals surface area contributed by atoms with Crippen LogP contribution in [0.15, 0.2) is 79.0 Å². The molecule has 0 N–H and O–H groups in total. The van der Waals surface area contributed by atoms with Crippen molar-refractivity contribution >= 4 is 29.4 Å². The Kier molecular flexibility index (Phi) is 9.90. The fourth-order valence-corrected chi connectivity index (χ4v) is 4.05. The van der Waals surface area contributed by atoms with Crippen LogP contribution in [0.5, 0.6) is 0 Å². The number of pyridine rings is 1. The van der Waals surface area contributed by atoms with E-state index in [9.17, 15) is 4.79 Å². The summed E-state index contributed by atoms with van der Waals surface area (Å²) in [6.45, 7) is 4.36. The SMILES string of the molecule is CCCCCCCC(CC)C(=O)N(c1ccccc1)c1ccc(/C=C/c2ccccn2)cc1. The van der Waals surface area contributed by atoms with Gasteiger partial charge in [-0.2, -0.15) is 0 Å². The second kappa shape index (κ2) is 13.4. The van der Waals surface area contributed by atoms with Crippen molar-refractivity contribution in [3.05, 3.63) is 90.3 Å². The average Bonchev–Trinajstić information content (AvgIpc) is 2.87. The first-order valence-corrected chi connectivity index (χ1v) is 12.3. The Morgan fingerprint density at radius 3 is 2.18 bits per heavy atom. The molecule has 33 heavy (non-hydrogen) atoms. The number of carbonyl (C=O) groups is 1. The van der Waals surface area contributed by atoms with E-state index in [-0.39, 0.29) is 11.8 Å². The van der Waals surface area contributed by atoms with Gasteiger partial charge in [0.25, 0.3) is 0 Å². The maximum atomic E-state index is 13.7. The van der Waals surface area contributed by atoms with Gasteiger partial charge in [0.15, 0.2) is 0 Å². The highest BCUT2D eigenvalue weighted by Crippen LogP contribution is 2.30. The molecule has 1 atom stereocenters. The molecule has 0 fully saturated rings. The molecular formula is C30H36N2O. The van der Waals surface area contributed by atoms with E-state index in [1.54, 1.807) is 6.20 Å². The number of para-hydroxylation sites is 1. The van der Waals surface area contributed by atoms with Crippen molar-refractivity contribution in [3.63, 3.8) is 0 Å². The maximum Gasteiger partial charge on any atom is 0.234 e. The summed E-state index contributed by atoms with van der Waals surface area (Å²) in [7, 11) is 0. The molecule has 0 aliphatic heterocycles. The number of carbonyl (C=O) groups excluding carboxylic acids is 1. The standard InChI is InChI=1S/C30H36N2O/c1-3-5-6-7-9-14-26(4-2)30(33)32(28-16-10-8-11-17-28)29-22-19-25(20-23-29)18-21-27-15-12-13-24-31-27/h8,10-13,15-24,26H,3-7,9,14H2,1-2H3/b21-18+. The lowest BCUT2D eigenvalue weighted by Gasteiger charge is -2.27. The molecule has 0 spiro atoms. The van der Waals surface area contributed by atoms with Crippen molar-refractivity contribution in [1.29, 1.82) is 0 Å². The van der Waals surface area contributed by atoms with Gasteiger partial charge in [0.1, 0.15) is 0 Å². The number of rotatable bonds is 12. The van der Waals surface area contributed by atoms with E-state index < -0.39 is 0 Å². The van der Waals surface area contributed by atoms with Gasteiger partial charge in [-0.15, -0.1) is 0 Å². The lowest BCUT2D eigenvalue weighted by molar-refractivity contribution is -0.122. The summed E-state index contributed by atoms with van der Waals surface area (Å²) in [5.74, 6) is 0.228. The highest BCUT2D eigenvalue weighted by Gasteiger charge is 2.25. The van der Waals surface area contributed by atoms with Crippen LogP contribution in [0.25, 0.3) is 12.2 Å². The number of hydrogen-bond acceptors (Lipinski definition) is 2. The molecule has 3 heteroatoms. The van der Waals surface area contributed by atoms with Gasteiger partial charge >= 0.3 is 0 Å². The average molecular weight is 441 g/mol. The number of anilines is 2. The van der Waals surface area contributed by atoms with Crippen LogP contribution in [0.4, 0.5) is 11.4 Å². The third kappa shape index (κ3) is 7.42. The van der Waals surface area contributed by atoms with Crippen LogP contribution in [0.1, 0.15) is 70.1 Å². The normalized spacial score (nSPS) is 12.1. The Bertz CT molecular complexity index is 981. The molecule has 1 aromatic heterocycles. The van der Waals surface area contributed by atoms with Crippen molar-refractivity contribution in [1.82, 2.24) is 4.98 Å². The van der Waals surface area contributed by atoms with E-state index in [1.165, 1.54) is 25.7 Å². The number of amides is 1. The lowest BCUT2D eigenvalue weighted by Crippen LogP contribution is -2.32. The zero-order valence-electron chi connectivity index (χ0n) is 20.0. The minimum atomic E-state index is 0.0376. The second-order valence-corrected chi connectivity index (χ2v) is 8.50. The van der Waals surface area contributed by atoms with E-state index in [0.717, 1.165) is 41.9 Å². The van der Waals surface area contributed by atoms with Gasteiger partial charge in [-0.25, -0.2) is 0 Å². The minimum Gasteiger partial charge on any atom is -0.281 e. The van der Waals surface area contributed by atoms with Gasteiger partial charge in [-0.05, 0) is 60.9 Å². The second-order valence-electron chi connectivity index (χ2n) is 8.50. The Balaban J connectivity index is 1.77. The molecule has 0 saturated carbocycles.